The third kappa shape index (κ3) is 2.14. The quantitative estimate of drug-likeness (QED) is 0.737. The van der Waals surface area contributed by atoms with Crippen LogP contribution in [0.25, 0.3) is 0 Å². The zero-order valence-electron chi connectivity index (χ0n) is 8.56. The third-order valence-electron chi connectivity index (χ3n) is 2.21. The number of carbonyl (C=O) groups excluding carboxylic acids is 1. The number of nitrogens with zero attached hydrogens (tertiary/aromatic N) is 1. The van der Waals surface area contributed by atoms with E-state index in [4.69, 9.17) is 0 Å². The molecule has 80 valence electrons. The molecule has 0 aliphatic heterocycles. The van der Waals surface area contributed by atoms with E-state index in [-0.39, 0.29) is 17.2 Å². The highest BCUT2D eigenvalue weighted by Gasteiger charge is 2.10. The highest BCUT2D eigenvalue weighted by molar-refractivity contribution is 6.07. The summed E-state index contributed by atoms with van der Waals surface area (Å²) in [5.74, 6) is -0.184. The minimum atomic E-state index is -0.657. The molecule has 0 aliphatic carbocycles. The lowest BCUT2D eigenvalue weighted by Crippen LogP contribution is -2.04. The minimum absolute atomic E-state index is 0.184. The van der Waals surface area contributed by atoms with E-state index in [1.807, 2.05) is 6.07 Å². The fourth-order valence-electron chi connectivity index (χ4n) is 1.42. The van der Waals surface area contributed by atoms with Gasteiger partial charge in [0.1, 0.15) is 12.4 Å². The van der Waals surface area contributed by atoms with Gasteiger partial charge in [-0.2, -0.15) is 0 Å². The Morgan fingerprint density at radius 2 is 1.81 bits per heavy atom. The number of ketones is 1. The maximum Gasteiger partial charge on any atom is 0.211 e. The van der Waals surface area contributed by atoms with Crippen LogP contribution in [0.2, 0.25) is 0 Å². The maximum absolute atomic E-state index is 12.4. The fourth-order valence-corrected chi connectivity index (χ4v) is 1.42. The summed E-state index contributed by atoms with van der Waals surface area (Å²) >= 11 is 0. The number of rotatable bonds is 3. The lowest BCUT2D eigenvalue weighted by atomic mass is 10.1. The molecule has 0 fully saturated rings. The van der Waals surface area contributed by atoms with Gasteiger partial charge in [-0.15, -0.1) is 0 Å². The van der Waals surface area contributed by atoms with Gasteiger partial charge in [-0.1, -0.05) is 36.4 Å². The van der Waals surface area contributed by atoms with E-state index >= 15 is 0 Å². The summed E-state index contributed by atoms with van der Waals surface area (Å²) < 4.78 is 12.4. The Morgan fingerprint density at radius 1 is 1.06 bits per heavy atom. The highest BCUT2D eigenvalue weighted by Crippen LogP contribution is 2.08. The van der Waals surface area contributed by atoms with E-state index in [2.05, 4.69) is 4.98 Å². The van der Waals surface area contributed by atoms with Gasteiger partial charge in [-0.25, -0.2) is 9.37 Å². The van der Waals surface area contributed by atoms with Crippen molar-refractivity contribution in [3.05, 3.63) is 65.5 Å². The molecule has 16 heavy (non-hydrogen) atoms. The molecule has 2 aromatic rings. The lowest BCUT2D eigenvalue weighted by molar-refractivity contribution is 0.103. The summed E-state index contributed by atoms with van der Waals surface area (Å²) in [4.78, 5) is 15.9. The fraction of sp³-hybridized carbons (Fsp3) is 0.0769. The van der Waals surface area contributed by atoms with Crippen molar-refractivity contribution < 1.29 is 9.18 Å². The Labute approximate surface area is 92.8 Å². The zero-order valence-corrected chi connectivity index (χ0v) is 8.56. The number of hydrogen-bond donors (Lipinski definition) is 0. The van der Waals surface area contributed by atoms with Crippen LogP contribution in [0.15, 0.2) is 48.5 Å². The predicted octanol–water partition coefficient (Wildman–Crippen LogP) is 2.78. The Morgan fingerprint density at radius 3 is 2.50 bits per heavy atom. The third-order valence-corrected chi connectivity index (χ3v) is 2.21. The van der Waals surface area contributed by atoms with Crippen molar-refractivity contribution in [2.24, 2.45) is 0 Å². The van der Waals surface area contributed by atoms with E-state index < -0.39 is 6.67 Å². The number of aromatic nitrogens is 1. The molecule has 0 saturated heterocycles. The largest absolute Gasteiger partial charge is 0.287 e. The first-order chi connectivity index (χ1) is 7.81. The summed E-state index contributed by atoms with van der Waals surface area (Å²) in [7, 11) is 0. The smallest absolute Gasteiger partial charge is 0.211 e. The van der Waals surface area contributed by atoms with Gasteiger partial charge in [-0.05, 0) is 12.1 Å². The molecular formula is C13H10FNO. The SMILES string of the molecule is O=C(c1ccccc1)c1cccc(CF)n1. The van der Waals surface area contributed by atoms with Crippen LogP contribution in [0.5, 0.6) is 0 Å². The van der Waals surface area contributed by atoms with Crippen molar-refractivity contribution in [1.29, 1.82) is 0 Å². The Hall–Kier alpha value is -2.03. The van der Waals surface area contributed by atoms with Gasteiger partial charge in [0.2, 0.25) is 5.78 Å². The first-order valence-corrected chi connectivity index (χ1v) is 4.93. The molecule has 0 saturated carbocycles. The van der Waals surface area contributed by atoms with Gasteiger partial charge in [0, 0.05) is 5.56 Å². The van der Waals surface area contributed by atoms with E-state index in [0.717, 1.165) is 0 Å². The maximum atomic E-state index is 12.4. The molecule has 0 N–H and O–H groups in total. The van der Waals surface area contributed by atoms with E-state index in [0.29, 0.717) is 5.56 Å². The Balaban J connectivity index is 2.34. The monoisotopic (exact) mass is 215 g/mol. The first kappa shape index (κ1) is 10.5. The van der Waals surface area contributed by atoms with Crippen LogP contribution in [0.3, 0.4) is 0 Å². The average Bonchev–Trinajstić information content (AvgIpc) is 2.39. The van der Waals surface area contributed by atoms with E-state index in [9.17, 15) is 9.18 Å². The summed E-state index contributed by atoms with van der Waals surface area (Å²) in [6.07, 6.45) is 0. The second kappa shape index (κ2) is 4.66. The van der Waals surface area contributed by atoms with Crippen molar-refractivity contribution in [2.45, 2.75) is 6.67 Å². The molecule has 1 heterocycles. The van der Waals surface area contributed by atoms with Crippen LogP contribution < -0.4 is 0 Å². The van der Waals surface area contributed by atoms with Gasteiger partial charge in [-0.3, -0.25) is 4.79 Å². The normalized spacial score (nSPS) is 10.1. The molecular weight excluding hydrogens is 205 g/mol. The molecule has 0 aliphatic rings. The standard InChI is InChI=1S/C13H10FNO/c14-9-11-7-4-8-12(15-11)13(16)10-5-2-1-3-6-10/h1-8H,9H2. The molecule has 1 aromatic carbocycles. The van der Waals surface area contributed by atoms with Gasteiger partial charge in [0.15, 0.2) is 0 Å². The van der Waals surface area contributed by atoms with Gasteiger partial charge in [0.25, 0.3) is 0 Å². The first-order valence-electron chi connectivity index (χ1n) is 4.93. The van der Waals surface area contributed by atoms with Crippen molar-refractivity contribution in [3.8, 4) is 0 Å². The van der Waals surface area contributed by atoms with E-state index in [1.165, 1.54) is 0 Å². The second-order valence-electron chi connectivity index (χ2n) is 3.34. The molecule has 0 spiro atoms. The summed E-state index contributed by atoms with van der Waals surface area (Å²) in [5.41, 5.74) is 1.12. The number of halogens is 1. The molecule has 1 aromatic heterocycles. The van der Waals surface area contributed by atoms with Crippen molar-refractivity contribution in [3.63, 3.8) is 0 Å². The number of carbonyl (C=O) groups is 1. The molecule has 2 nitrogen and oxygen atoms in total. The minimum Gasteiger partial charge on any atom is -0.287 e. The second-order valence-corrected chi connectivity index (χ2v) is 3.34. The summed E-state index contributed by atoms with van der Waals surface area (Å²) in [6, 6.07) is 13.6. The van der Waals surface area contributed by atoms with Crippen LogP contribution in [-0.4, -0.2) is 10.8 Å². The Bertz CT molecular complexity index is 496. The summed E-state index contributed by atoms with van der Waals surface area (Å²) in [6.45, 7) is -0.657. The average molecular weight is 215 g/mol. The van der Waals surface area contributed by atoms with Gasteiger partial charge < -0.3 is 0 Å². The lowest BCUT2D eigenvalue weighted by Gasteiger charge is -2.01. The summed E-state index contributed by atoms with van der Waals surface area (Å²) in [5, 5.41) is 0. The van der Waals surface area contributed by atoms with Crippen molar-refractivity contribution in [1.82, 2.24) is 4.98 Å². The molecule has 0 radical (unpaired) electrons. The van der Waals surface area contributed by atoms with Crippen LogP contribution >= 0.6 is 0 Å². The van der Waals surface area contributed by atoms with Crippen LogP contribution in [0, 0.1) is 0 Å². The van der Waals surface area contributed by atoms with Gasteiger partial charge in [0.05, 0.1) is 5.69 Å². The van der Waals surface area contributed by atoms with Crippen LogP contribution in [0.1, 0.15) is 21.7 Å². The van der Waals surface area contributed by atoms with Gasteiger partial charge >= 0.3 is 0 Å². The van der Waals surface area contributed by atoms with Crippen LogP contribution in [0.4, 0.5) is 4.39 Å². The number of benzene rings is 1. The van der Waals surface area contributed by atoms with Crippen molar-refractivity contribution >= 4 is 5.78 Å². The molecule has 2 rings (SSSR count). The molecule has 3 heteroatoms. The topological polar surface area (TPSA) is 30.0 Å². The predicted molar refractivity (Wildman–Crippen MR) is 58.9 cm³/mol. The zero-order chi connectivity index (χ0) is 11.4. The molecule has 0 unspecified atom stereocenters. The van der Waals surface area contributed by atoms with Crippen molar-refractivity contribution in [2.75, 3.05) is 0 Å². The number of hydrogen-bond acceptors (Lipinski definition) is 2. The highest BCUT2D eigenvalue weighted by atomic mass is 19.1. The number of alkyl halides is 1. The Kier molecular flexibility index (Phi) is 3.05. The number of pyridine rings is 1. The molecule has 0 bridgehead atoms. The van der Waals surface area contributed by atoms with E-state index in [1.54, 1.807) is 42.5 Å². The molecule has 0 atom stereocenters. The molecule has 0 amide bonds. The van der Waals surface area contributed by atoms with Crippen LogP contribution in [-0.2, 0) is 6.67 Å².